The molecule has 9 heteroatoms. The van der Waals surface area contributed by atoms with Crippen molar-refractivity contribution in [2.45, 2.75) is 96.8 Å². The van der Waals surface area contributed by atoms with Crippen LogP contribution in [0.25, 0.3) is 0 Å². The van der Waals surface area contributed by atoms with Gasteiger partial charge in [-0.2, -0.15) is 0 Å². The molecule has 0 spiro atoms. The number of aliphatic hydroxyl groups is 1. The molecule has 0 heterocycles. The van der Waals surface area contributed by atoms with Crippen molar-refractivity contribution in [2.24, 2.45) is 0 Å². The van der Waals surface area contributed by atoms with Gasteiger partial charge in [0.1, 0.15) is 4.31 Å². The van der Waals surface area contributed by atoms with Crippen molar-refractivity contribution < 1.29 is 79.7 Å². The molecule has 0 saturated carbocycles. The van der Waals surface area contributed by atoms with E-state index in [1.807, 2.05) is 6.08 Å². The molecule has 0 fully saturated rings. The molecule has 2 N–H and O–H groups in total. The van der Waals surface area contributed by atoms with E-state index in [9.17, 15) is 14.0 Å². The van der Waals surface area contributed by atoms with Crippen molar-refractivity contribution in [1.82, 2.24) is 0 Å². The minimum absolute atomic E-state index is 0. The summed E-state index contributed by atoms with van der Waals surface area (Å²) in [6.45, 7) is 2.47. The van der Waals surface area contributed by atoms with Crippen molar-refractivity contribution in [3.05, 3.63) is 12.2 Å². The second kappa shape index (κ2) is 29.6. The minimum Gasteiger partial charge on any atom is -0.563 e. The number of unbranched alkanes of at least 4 members (excludes halogenated alkanes) is 13. The maximum Gasteiger partial charge on any atom is 1.00 e. The molecule has 0 aliphatic carbocycles. The predicted octanol–water partition coefficient (Wildman–Crippen LogP) is 2.69. The fourth-order valence-corrected chi connectivity index (χ4v) is 2.99. The van der Waals surface area contributed by atoms with E-state index in [2.05, 4.69) is 17.3 Å². The first kappa shape index (κ1) is 33.1. The Hall–Kier alpha value is 1.42. The zero-order chi connectivity index (χ0) is 19.9. The monoisotopic (exact) mass is 450 g/mol. The number of hydrogen-bond acceptors (Lipinski definition) is 5. The molecule has 154 valence electrons. The van der Waals surface area contributed by atoms with Crippen molar-refractivity contribution in [3.8, 4) is 0 Å². The predicted molar refractivity (Wildman–Crippen MR) is 105 cm³/mol. The van der Waals surface area contributed by atoms with E-state index < -0.39 is 16.5 Å². The van der Waals surface area contributed by atoms with Crippen LogP contribution in [0.5, 0.6) is 0 Å². The summed E-state index contributed by atoms with van der Waals surface area (Å²) in [6, 6.07) is 0. The van der Waals surface area contributed by atoms with Gasteiger partial charge in [-0.25, -0.2) is 0 Å². The van der Waals surface area contributed by atoms with Gasteiger partial charge in [0.15, 0.2) is 0 Å². The Kier molecular flexibility index (Phi) is 36.3. The van der Waals surface area contributed by atoms with Crippen LogP contribution in [0.15, 0.2) is 12.2 Å². The van der Waals surface area contributed by atoms with Gasteiger partial charge in [0.2, 0.25) is 0 Å². The maximum atomic E-state index is 9.35. The molecule has 0 aromatic carbocycles. The summed E-state index contributed by atoms with van der Waals surface area (Å²) in [5, 5.41) is 8.58. The second-order valence-electron chi connectivity index (χ2n) is 6.23. The average Bonchev–Trinajstić information content (AvgIpc) is 2.58. The molecule has 0 aliphatic rings. The number of hydrogen-bond donors (Lipinski definition) is 2. The van der Waals surface area contributed by atoms with E-state index >= 15 is 0 Å². The van der Waals surface area contributed by atoms with Crippen LogP contribution in [0.3, 0.4) is 0 Å². The van der Waals surface area contributed by atoms with Crippen LogP contribution < -0.4 is 56.3 Å². The molecule has 0 saturated heterocycles. The third kappa shape index (κ3) is 38.6. The van der Waals surface area contributed by atoms with Gasteiger partial charge in [0, 0.05) is 4.57 Å². The van der Waals surface area contributed by atoms with E-state index in [4.69, 9.17) is 10.00 Å². The molecule has 2 atom stereocenters. The molecule has 0 aliphatic heterocycles. The first-order valence-electron chi connectivity index (χ1n) is 9.79. The number of rotatable bonds is 17. The maximum absolute atomic E-state index is 9.35. The van der Waals surface area contributed by atoms with Gasteiger partial charge in [0.05, 0.1) is 6.61 Å². The van der Waals surface area contributed by atoms with Gasteiger partial charge >= 0.3 is 67.9 Å². The molecular formula is C18H37KO6P2+2. The Labute approximate surface area is 209 Å². The van der Waals surface area contributed by atoms with Gasteiger partial charge in [0.25, 0.3) is 0 Å². The van der Waals surface area contributed by atoms with Crippen LogP contribution in [-0.4, -0.2) is 16.6 Å². The van der Waals surface area contributed by atoms with E-state index in [-0.39, 0.29) is 58.0 Å². The molecule has 2 unspecified atom stereocenters. The summed E-state index contributed by atoms with van der Waals surface area (Å²) < 4.78 is 21.9. The first-order valence-corrected chi connectivity index (χ1v) is 12.0. The second-order valence-corrected chi connectivity index (χ2v) is 7.80. The number of allylic oxidation sites excluding steroid dienone is 1. The Morgan fingerprint density at radius 3 is 1.52 bits per heavy atom. The molecule has 0 amide bonds. The largest absolute Gasteiger partial charge is 1.00 e. The molecule has 6 nitrogen and oxygen atoms in total. The topological polar surface area (TPSA) is 107 Å². The smallest absolute Gasteiger partial charge is 0.563 e. The fraction of sp³-hybridized carbons (Fsp3) is 0.889. The minimum atomic E-state index is -3.17. The van der Waals surface area contributed by atoms with Gasteiger partial charge in [-0.1, -0.05) is 96.1 Å². The molecule has 0 aromatic heterocycles. The zero-order valence-corrected chi connectivity index (χ0v) is 22.1. The van der Waals surface area contributed by atoms with Gasteiger partial charge in [-0.15, -0.1) is 4.89 Å². The first-order chi connectivity index (χ1) is 12.5. The van der Waals surface area contributed by atoms with Crippen LogP contribution in [0, 0.1) is 0 Å². The van der Waals surface area contributed by atoms with Crippen molar-refractivity contribution in [3.63, 3.8) is 0 Å². The molecule has 0 rings (SSSR count). The summed E-state index contributed by atoms with van der Waals surface area (Å²) in [5.41, 5.74) is 0. The molecule has 0 aromatic rings. The van der Waals surface area contributed by atoms with E-state index in [0.29, 0.717) is 0 Å². The Balaban J connectivity index is -0.000000612. The van der Waals surface area contributed by atoms with Crippen molar-refractivity contribution in [2.75, 3.05) is 6.61 Å². The summed E-state index contributed by atoms with van der Waals surface area (Å²) in [4.78, 5) is 16.9. The van der Waals surface area contributed by atoms with Crippen molar-refractivity contribution in [1.29, 1.82) is 0 Å². The normalized spacial score (nSPS) is 11.6. The molecule has 0 radical (unpaired) electrons. The van der Waals surface area contributed by atoms with Gasteiger partial charge in [-0.05, 0) is 17.4 Å². The zero-order valence-electron chi connectivity index (χ0n) is 17.2. The third-order valence-electron chi connectivity index (χ3n) is 3.88. The summed E-state index contributed by atoms with van der Waals surface area (Å²) in [5.74, 6) is 0. The summed E-state index contributed by atoms with van der Waals surface area (Å²) in [6.07, 6.45) is 23.4. The summed E-state index contributed by atoms with van der Waals surface area (Å²) in [7, 11) is -6.16. The SMILES string of the molecule is CCCCCCCCCCCCCCCC=CCO.O=[P+]([O-])O[P+](=O)O.[K+]. The Morgan fingerprint density at radius 2 is 1.22 bits per heavy atom. The van der Waals surface area contributed by atoms with Gasteiger partial charge < -0.3 is 10.00 Å². The van der Waals surface area contributed by atoms with Crippen molar-refractivity contribution >= 4 is 16.5 Å². The third-order valence-corrected chi connectivity index (χ3v) is 4.98. The Bertz CT molecular complexity index is 345. The molecule has 0 bridgehead atoms. The quantitative estimate of drug-likeness (QED) is 0.153. The van der Waals surface area contributed by atoms with Crippen LogP contribution >= 0.6 is 16.5 Å². The van der Waals surface area contributed by atoms with Crippen LogP contribution in [0.4, 0.5) is 0 Å². The van der Waals surface area contributed by atoms with Crippen LogP contribution in [0.1, 0.15) is 96.8 Å². The Morgan fingerprint density at radius 1 is 0.815 bits per heavy atom. The van der Waals surface area contributed by atoms with E-state index in [1.165, 1.54) is 83.5 Å². The van der Waals surface area contributed by atoms with Gasteiger partial charge in [-0.3, -0.25) is 0 Å². The van der Waals surface area contributed by atoms with E-state index in [1.54, 1.807) is 0 Å². The average molecular weight is 451 g/mol. The van der Waals surface area contributed by atoms with Crippen LogP contribution in [-0.2, 0) is 13.4 Å². The van der Waals surface area contributed by atoms with E-state index in [0.717, 1.165) is 6.42 Å². The summed E-state index contributed by atoms with van der Waals surface area (Å²) >= 11 is 0. The standard InChI is InChI=1S/C18H36O.K.O5P2/c1-2-3-4-5-6-7-8-9-10-11-12-13-14-15-16-17-18-19;;1-6(2)5-7(3)4/h16-17,19H,2-15,18H2,1H3;;/q;+1;/p+1. The van der Waals surface area contributed by atoms with Crippen LogP contribution in [0.2, 0.25) is 0 Å². The fourth-order valence-electron chi connectivity index (χ4n) is 2.53. The molecule has 27 heavy (non-hydrogen) atoms. The molecular weight excluding hydrogens is 413 g/mol. The number of aliphatic hydroxyl groups excluding tert-OH is 1.